The van der Waals surface area contributed by atoms with E-state index in [0.29, 0.717) is 17.0 Å². The highest BCUT2D eigenvalue weighted by Crippen LogP contribution is 2.30. The van der Waals surface area contributed by atoms with E-state index in [1.54, 1.807) is 19.1 Å². The summed E-state index contributed by atoms with van der Waals surface area (Å²) in [6.07, 6.45) is 2.46. The predicted octanol–water partition coefficient (Wildman–Crippen LogP) is 4.16. The molecule has 8 nitrogen and oxygen atoms in total. The lowest BCUT2D eigenvalue weighted by Gasteiger charge is -2.12. The van der Waals surface area contributed by atoms with Gasteiger partial charge in [0.2, 0.25) is 5.95 Å². The summed E-state index contributed by atoms with van der Waals surface area (Å²) >= 11 is 0. The predicted molar refractivity (Wildman–Crippen MR) is 117 cm³/mol. The zero-order chi connectivity index (χ0) is 23.0. The number of fused-ring (bicyclic) bond motifs is 1. The van der Waals surface area contributed by atoms with Crippen molar-refractivity contribution in [3.8, 4) is 11.3 Å². The van der Waals surface area contributed by atoms with Crippen LogP contribution in [0, 0.1) is 18.6 Å². The van der Waals surface area contributed by atoms with Crippen molar-refractivity contribution in [3.05, 3.63) is 59.8 Å². The van der Waals surface area contributed by atoms with Gasteiger partial charge in [-0.2, -0.15) is 0 Å². The maximum atomic E-state index is 14.8. The van der Waals surface area contributed by atoms with E-state index < -0.39 is 11.6 Å². The lowest BCUT2D eigenvalue weighted by Crippen LogP contribution is -2.19. The number of aryl methyl sites for hydroxylation is 1. The van der Waals surface area contributed by atoms with Crippen LogP contribution in [0.4, 0.5) is 20.4 Å². The third-order valence-corrected chi connectivity index (χ3v) is 4.94. The molecule has 1 aromatic carbocycles. The van der Waals surface area contributed by atoms with Crippen LogP contribution >= 0.6 is 0 Å². The van der Waals surface area contributed by atoms with E-state index >= 15 is 0 Å². The maximum Gasteiger partial charge on any atom is 0.269 e. The van der Waals surface area contributed by atoms with Crippen molar-refractivity contribution in [2.45, 2.75) is 26.8 Å². The molecule has 4 rings (SSSR count). The van der Waals surface area contributed by atoms with Crippen molar-refractivity contribution in [1.29, 1.82) is 0 Å². The first-order valence-corrected chi connectivity index (χ1v) is 9.94. The zero-order valence-corrected chi connectivity index (χ0v) is 17.9. The topological polar surface area (TPSA) is 97.6 Å². The molecule has 0 aliphatic rings. The molecule has 0 radical (unpaired) electrons. The number of nitrogens with one attached hydrogen (secondary N) is 2. The van der Waals surface area contributed by atoms with E-state index in [9.17, 15) is 13.6 Å². The summed E-state index contributed by atoms with van der Waals surface area (Å²) in [6, 6.07) is 6.10. The van der Waals surface area contributed by atoms with Crippen molar-refractivity contribution in [1.82, 2.24) is 29.8 Å². The smallest absolute Gasteiger partial charge is 0.269 e. The average Bonchev–Trinajstić information content (AvgIpc) is 3.11. The van der Waals surface area contributed by atoms with Crippen LogP contribution in [0.5, 0.6) is 0 Å². The monoisotopic (exact) mass is 437 g/mol. The zero-order valence-electron chi connectivity index (χ0n) is 17.9. The molecule has 2 N–H and O–H groups in total. The molecule has 10 heteroatoms. The third-order valence-electron chi connectivity index (χ3n) is 4.94. The summed E-state index contributed by atoms with van der Waals surface area (Å²) in [5.41, 5.74) is 1.77. The Kier molecular flexibility index (Phi) is 5.52. The van der Waals surface area contributed by atoms with E-state index in [1.807, 2.05) is 18.4 Å². The Morgan fingerprint density at radius 1 is 1.06 bits per heavy atom. The second kappa shape index (κ2) is 8.29. The molecule has 0 aliphatic carbocycles. The van der Waals surface area contributed by atoms with Crippen molar-refractivity contribution >= 4 is 28.6 Å². The van der Waals surface area contributed by atoms with Crippen molar-refractivity contribution in [3.63, 3.8) is 0 Å². The van der Waals surface area contributed by atoms with Crippen molar-refractivity contribution in [2.75, 3.05) is 12.4 Å². The van der Waals surface area contributed by atoms with Gasteiger partial charge in [-0.1, -0.05) is 0 Å². The summed E-state index contributed by atoms with van der Waals surface area (Å²) in [5.74, 6) is -0.782. The first-order valence-electron chi connectivity index (χ1n) is 9.94. The largest absolute Gasteiger partial charge is 0.354 e. The van der Waals surface area contributed by atoms with Gasteiger partial charge in [0.05, 0.1) is 23.6 Å². The van der Waals surface area contributed by atoms with Crippen molar-refractivity contribution < 1.29 is 13.6 Å². The first-order chi connectivity index (χ1) is 15.3. The Morgan fingerprint density at radius 2 is 1.84 bits per heavy atom. The highest BCUT2D eigenvalue weighted by molar-refractivity contribution is 5.92. The van der Waals surface area contributed by atoms with E-state index in [4.69, 9.17) is 0 Å². The van der Waals surface area contributed by atoms with Crippen LogP contribution in [-0.2, 0) is 0 Å². The number of anilines is 2. The first kappa shape index (κ1) is 21.3. The number of nitrogens with zero attached hydrogens (tertiary/aromatic N) is 5. The average molecular weight is 437 g/mol. The Labute approximate surface area is 182 Å². The normalized spacial score (nSPS) is 11.2. The van der Waals surface area contributed by atoms with E-state index in [2.05, 4.69) is 30.6 Å². The number of imidazole rings is 1. The molecular formula is C22H21F2N7O. The number of benzene rings is 1. The fourth-order valence-corrected chi connectivity index (χ4v) is 3.55. The second-order valence-electron chi connectivity index (χ2n) is 7.47. The quantitative estimate of drug-likeness (QED) is 0.487. The second-order valence-corrected chi connectivity index (χ2v) is 7.47. The van der Waals surface area contributed by atoms with Crippen LogP contribution in [0.2, 0.25) is 0 Å². The molecule has 0 bridgehead atoms. The van der Waals surface area contributed by atoms with E-state index in [-0.39, 0.29) is 40.4 Å². The Morgan fingerprint density at radius 3 is 2.50 bits per heavy atom. The number of pyridine rings is 1. The van der Waals surface area contributed by atoms with Gasteiger partial charge >= 0.3 is 0 Å². The molecule has 1 amide bonds. The van der Waals surface area contributed by atoms with Crippen LogP contribution < -0.4 is 10.6 Å². The fourth-order valence-electron chi connectivity index (χ4n) is 3.55. The summed E-state index contributed by atoms with van der Waals surface area (Å²) in [7, 11) is 1.51. The molecule has 32 heavy (non-hydrogen) atoms. The summed E-state index contributed by atoms with van der Waals surface area (Å²) in [6.45, 7) is 5.74. The lowest BCUT2D eigenvalue weighted by molar-refractivity contribution is 0.0958. The van der Waals surface area contributed by atoms with Gasteiger partial charge in [-0.05, 0) is 45.0 Å². The molecule has 0 aliphatic heterocycles. The minimum atomic E-state index is -0.685. The minimum Gasteiger partial charge on any atom is -0.354 e. The lowest BCUT2D eigenvalue weighted by atomic mass is 10.1. The van der Waals surface area contributed by atoms with Gasteiger partial charge < -0.3 is 15.2 Å². The summed E-state index contributed by atoms with van der Waals surface area (Å²) in [4.78, 5) is 28.2. The molecular weight excluding hydrogens is 416 g/mol. The van der Waals surface area contributed by atoms with Gasteiger partial charge in [-0.15, -0.1) is 0 Å². The third kappa shape index (κ3) is 3.86. The van der Waals surface area contributed by atoms with Gasteiger partial charge in [-0.25, -0.2) is 28.7 Å². The highest BCUT2D eigenvalue weighted by Gasteiger charge is 2.18. The molecule has 3 heterocycles. The maximum absolute atomic E-state index is 14.8. The number of carbonyl (C=O) groups excluding carboxylic acids is 1. The van der Waals surface area contributed by atoms with Crippen molar-refractivity contribution in [2.24, 2.45) is 0 Å². The molecule has 0 unspecified atom stereocenters. The number of hydrogen-bond donors (Lipinski definition) is 2. The highest BCUT2D eigenvalue weighted by atomic mass is 19.1. The van der Waals surface area contributed by atoms with Gasteiger partial charge in [0.1, 0.15) is 22.7 Å². The van der Waals surface area contributed by atoms with Crippen LogP contribution in [0.15, 0.2) is 36.7 Å². The molecule has 0 atom stereocenters. The molecule has 0 saturated carbocycles. The van der Waals surface area contributed by atoms with Crippen LogP contribution in [-0.4, -0.2) is 37.5 Å². The minimum absolute atomic E-state index is 0.0485. The van der Waals surface area contributed by atoms with Crippen LogP contribution in [0.3, 0.4) is 0 Å². The van der Waals surface area contributed by atoms with E-state index in [1.165, 1.54) is 25.4 Å². The SMILES string of the molecule is CNC(=O)c1ccc(Nc2ncc(F)c(-c3cc(F)c4nc(C)n(C(C)C)c4c3)n2)cn1. The summed E-state index contributed by atoms with van der Waals surface area (Å²) in [5, 5.41) is 5.40. The van der Waals surface area contributed by atoms with E-state index in [0.717, 1.165) is 6.20 Å². The number of carbonyl (C=O) groups is 1. The Balaban J connectivity index is 1.72. The number of aromatic nitrogens is 5. The van der Waals surface area contributed by atoms with Crippen LogP contribution in [0.25, 0.3) is 22.3 Å². The number of halogens is 2. The Hall–Kier alpha value is -3.95. The standard InChI is InChI=1S/C22H21F2N7O/c1-11(2)31-12(3)28-20-15(23)7-13(8-18(20)31)19-16(24)10-27-22(30-19)29-14-5-6-17(26-9-14)21(32)25-4/h5-11H,1-4H3,(H,25,32)(H,27,29,30). The van der Waals surface area contributed by atoms with Gasteiger partial charge in [0, 0.05) is 18.7 Å². The molecule has 0 fully saturated rings. The molecule has 4 aromatic rings. The van der Waals surface area contributed by atoms with Gasteiger partial charge in [0.25, 0.3) is 5.91 Å². The number of hydrogen-bond acceptors (Lipinski definition) is 6. The molecule has 0 spiro atoms. The molecule has 164 valence electrons. The van der Waals surface area contributed by atoms with Crippen LogP contribution in [0.1, 0.15) is 36.2 Å². The molecule has 0 saturated heterocycles. The fraction of sp³-hybridized carbons (Fsp3) is 0.227. The number of amides is 1. The van der Waals surface area contributed by atoms with Gasteiger partial charge in [0.15, 0.2) is 11.6 Å². The number of rotatable bonds is 5. The van der Waals surface area contributed by atoms with Gasteiger partial charge in [-0.3, -0.25) is 4.79 Å². The molecule has 3 aromatic heterocycles. The Bertz CT molecular complexity index is 1320. The summed E-state index contributed by atoms with van der Waals surface area (Å²) < 4.78 is 31.3.